The predicted octanol–water partition coefficient (Wildman–Crippen LogP) is 4.14. The average molecular weight is 279 g/mol. The molecule has 0 amide bonds. The van der Waals surface area contributed by atoms with Crippen molar-refractivity contribution in [2.45, 2.75) is 83.3 Å². The lowest BCUT2D eigenvalue weighted by Crippen LogP contribution is -2.52. The maximum Gasteiger partial charge on any atom is 0.0834 e. The Bertz CT molecular complexity index is 311. The van der Waals surface area contributed by atoms with Gasteiger partial charge in [-0.15, -0.1) is 0 Å². The molecule has 3 aliphatic rings. The summed E-state index contributed by atoms with van der Waals surface area (Å²) in [4.78, 5) is 0. The minimum Gasteiger partial charge on any atom is -0.374 e. The molecule has 0 radical (unpaired) electrons. The van der Waals surface area contributed by atoms with Gasteiger partial charge in [0.15, 0.2) is 0 Å². The lowest BCUT2D eigenvalue weighted by atomic mass is 9.79. The quantitative estimate of drug-likeness (QED) is 0.756. The first kappa shape index (κ1) is 14.8. The van der Waals surface area contributed by atoms with Gasteiger partial charge in [-0.05, 0) is 69.7 Å². The van der Waals surface area contributed by atoms with Crippen LogP contribution in [0, 0.1) is 17.8 Å². The van der Waals surface area contributed by atoms with Crippen LogP contribution in [-0.2, 0) is 4.74 Å². The highest BCUT2D eigenvalue weighted by Gasteiger charge is 2.46. The van der Waals surface area contributed by atoms with Crippen molar-refractivity contribution in [1.29, 1.82) is 0 Å². The zero-order chi connectivity index (χ0) is 14.0. The minimum atomic E-state index is 0.159. The fourth-order valence-corrected chi connectivity index (χ4v) is 5.55. The van der Waals surface area contributed by atoms with Crippen molar-refractivity contribution in [3.8, 4) is 0 Å². The largest absolute Gasteiger partial charge is 0.374 e. The summed E-state index contributed by atoms with van der Waals surface area (Å²) in [5, 5.41) is 3.81. The fraction of sp³-hybridized carbons (Fsp3) is 1.00. The molecule has 116 valence electrons. The van der Waals surface area contributed by atoms with Gasteiger partial charge >= 0.3 is 0 Å². The molecule has 1 N–H and O–H groups in total. The summed E-state index contributed by atoms with van der Waals surface area (Å²) in [7, 11) is 0. The maximum absolute atomic E-state index is 6.33. The van der Waals surface area contributed by atoms with Crippen molar-refractivity contribution in [1.82, 2.24) is 5.32 Å². The van der Waals surface area contributed by atoms with E-state index >= 15 is 0 Å². The second kappa shape index (κ2) is 6.36. The van der Waals surface area contributed by atoms with E-state index in [1.165, 1.54) is 57.8 Å². The normalized spacial score (nSPS) is 36.6. The van der Waals surface area contributed by atoms with Crippen molar-refractivity contribution in [2.24, 2.45) is 17.8 Å². The summed E-state index contributed by atoms with van der Waals surface area (Å²) in [6, 6.07) is 0.597. The van der Waals surface area contributed by atoms with Crippen LogP contribution in [-0.4, -0.2) is 24.8 Å². The van der Waals surface area contributed by atoms with Crippen molar-refractivity contribution >= 4 is 0 Å². The summed E-state index contributed by atoms with van der Waals surface area (Å²) in [6.07, 6.45) is 12.7. The Morgan fingerprint density at radius 2 is 1.95 bits per heavy atom. The number of rotatable bonds is 7. The molecule has 2 bridgehead atoms. The summed E-state index contributed by atoms with van der Waals surface area (Å²) >= 11 is 0. The molecule has 3 saturated carbocycles. The Labute approximate surface area is 125 Å². The molecule has 3 fully saturated rings. The van der Waals surface area contributed by atoms with E-state index in [0.29, 0.717) is 6.04 Å². The first-order valence-corrected chi connectivity index (χ1v) is 9.14. The van der Waals surface area contributed by atoms with Gasteiger partial charge in [-0.25, -0.2) is 0 Å². The van der Waals surface area contributed by atoms with E-state index in [2.05, 4.69) is 19.2 Å². The van der Waals surface area contributed by atoms with Crippen LogP contribution in [0.3, 0.4) is 0 Å². The van der Waals surface area contributed by atoms with Crippen LogP contribution in [0.5, 0.6) is 0 Å². The van der Waals surface area contributed by atoms with Crippen LogP contribution in [0.1, 0.15) is 71.6 Å². The van der Waals surface area contributed by atoms with E-state index in [4.69, 9.17) is 4.74 Å². The summed E-state index contributed by atoms with van der Waals surface area (Å²) in [6.45, 7) is 6.38. The first-order valence-electron chi connectivity index (χ1n) is 9.14. The van der Waals surface area contributed by atoms with Crippen molar-refractivity contribution < 1.29 is 4.74 Å². The van der Waals surface area contributed by atoms with Gasteiger partial charge in [0, 0.05) is 12.6 Å². The third-order valence-electron chi connectivity index (χ3n) is 6.39. The number of fused-ring (bicyclic) bond motifs is 2. The van der Waals surface area contributed by atoms with E-state index in [1.54, 1.807) is 0 Å². The Morgan fingerprint density at radius 1 is 1.15 bits per heavy atom. The number of hydrogen-bond donors (Lipinski definition) is 1. The lowest BCUT2D eigenvalue weighted by Gasteiger charge is -2.40. The average Bonchev–Trinajstić information content (AvgIpc) is 3.14. The molecule has 3 rings (SSSR count). The number of nitrogens with one attached hydrogen (secondary N) is 1. The number of hydrogen-bond acceptors (Lipinski definition) is 2. The summed E-state index contributed by atoms with van der Waals surface area (Å²) in [5.74, 6) is 3.09. The SMILES string of the molecule is CCNC(CC1CC2CCC1C2)C1(OCC)CCCC1. The fourth-order valence-electron chi connectivity index (χ4n) is 5.55. The van der Waals surface area contributed by atoms with Gasteiger partial charge in [-0.2, -0.15) is 0 Å². The Balaban J connectivity index is 1.67. The molecule has 0 aromatic rings. The molecule has 0 saturated heterocycles. The van der Waals surface area contributed by atoms with E-state index in [9.17, 15) is 0 Å². The molecular weight excluding hydrogens is 246 g/mol. The second-order valence-corrected chi connectivity index (χ2v) is 7.49. The van der Waals surface area contributed by atoms with Crippen LogP contribution in [0.15, 0.2) is 0 Å². The molecular formula is C18H33NO. The van der Waals surface area contributed by atoms with Crippen molar-refractivity contribution in [2.75, 3.05) is 13.2 Å². The van der Waals surface area contributed by atoms with E-state index in [0.717, 1.165) is 30.9 Å². The predicted molar refractivity (Wildman–Crippen MR) is 83.8 cm³/mol. The molecule has 0 spiro atoms. The zero-order valence-electron chi connectivity index (χ0n) is 13.5. The van der Waals surface area contributed by atoms with Gasteiger partial charge in [0.2, 0.25) is 0 Å². The smallest absolute Gasteiger partial charge is 0.0834 e. The lowest BCUT2D eigenvalue weighted by molar-refractivity contribution is -0.0675. The highest BCUT2D eigenvalue weighted by molar-refractivity contribution is 5.00. The molecule has 0 aromatic heterocycles. The topological polar surface area (TPSA) is 21.3 Å². The van der Waals surface area contributed by atoms with Gasteiger partial charge < -0.3 is 10.1 Å². The molecule has 3 aliphatic carbocycles. The Hall–Kier alpha value is -0.0800. The van der Waals surface area contributed by atoms with E-state index in [-0.39, 0.29) is 5.60 Å². The van der Waals surface area contributed by atoms with E-state index in [1.807, 2.05) is 0 Å². The molecule has 4 unspecified atom stereocenters. The summed E-state index contributed by atoms with van der Waals surface area (Å²) in [5.41, 5.74) is 0.159. The van der Waals surface area contributed by atoms with E-state index < -0.39 is 0 Å². The van der Waals surface area contributed by atoms with Crippen molar-refractivity contribution in [3.63, 3.8) is 0 Å². The highest BCUT2D eigenvalue weighted by atomic mass is 16.5. The number of likely N-dealkylation sites (N-methyl/N-ethyl adjacent to an activating group) is 1. The van der Waals surface area contributed by atoms with Crippen LogP contribution in [0.4, 0.5) is 0 Å². The standard InChI is InChI=1S/C18H33NO/c1-3-19-17(18(20-4-2)9-5-6-10-18)13-16-12-14-7-8-15(16)11-14/h14-17,19H,3-13H2,1-2H3. The van der Waals surface area contributed by atoms with Gasteiger partial charge in [0.05, 0.1) is 5.60 Å². The minimum absolute atomic E-state index is 0.159. The van der Waals surface area contributed by atoms with Crippen molar-refractivity contribution in [3.05, 3.63) is 0 Å². The van der Waals surface area contributed by atoms with Gasteiger partial charge in [0.25, 0.3) is 0 Å². The molecule has 0 aromatic carbocycles. The van der Waals surface area contributed by atoms with Crippen LogP contribution < -0.4 is 5.32 Å². The Morgan fingerprint density at radius 3 is 2.50 bits per heavy atom. The number of ether oxygens (including phenoxy) is 1. The first-order chi connectivity index (χ1) is 9.77. The Kier molecular flexibility index (Phi) is 4.72. The highest BCUT2D eigenvalue weighted by Crippen LogP contribution is 2.51. The van der Waals surface area contributed by atoms with Gasteiger partial charge in [-0.1, -0.05) is 26.2 Å². The molecule has 0 heterocycles. The third kappa shape index (κ3) is 2.78. The molecule has 2 heteroatoms. The van der Waals surface area contributed by atoms with Crippen LogP contribution in [0.2, 0.25) is 0 Å². The summed E-state index contributed by atoms with van der Waals surface area (Å²) < 4.78 is 6.33. The second-order valence-electron chi connectivity index (χ2n) is 7.49. The molecule has 0 aliphatic heterocycles. The van der Waals surface area contributed by atoms with Crippen LogP contribution >= 0.6 is 0 Å². The zero-order valence-corrected chi connectivity index (χ0v) is 13.5. The monoisotopic (exact) mass is 279 g/mol. The molecule has 20 heavy (non-hydrogen) atoms. The molecule has 4 atom stereocenters. The van der Waals surface area contributed by atoms with Gasteiger partial charge in [0.1, 0.15) is 0 Å². The third-order valence-corrected chi connectivity index (χ3v) is 6.39. The molecule has 2 nitrogen and oxygen atoms in total. The van der Waals surface area contributed by atoms with Crippen LogP contribution in [0.25, 0.3) is 0 Å². The maximum atomic E-state index is 6.33. The van der Waals surface area contributed by atoms with Gasteiger partial charge in [-0.3, -0.25) is 0 Å².